The van der Waals surface area contributed by atoms with Crippen LogP contribution in [0.3, 0.4) is 0 Å². The van der Waals surface area contributed by atoms with Crippen LogP contribution in [0.4, 0.5) is 0 Å². The lowest BCUT2D eigenvalue weighted by Crippen LogP contribution is -2.16. The average molecular weight is 239 g/mol. The van der Waals surface area contributed by atoms with Gasteiger partial charge in [0.05, 0.1) is 0 Å². The Bertz CT molecular complexity index is 342. The quantitative estimate of drug-likeness (QED) is 0.387. The highest BCUT2D eigenvalue weighted by Gasteiger charge is 1.99. The largest absolute Gasteiger partial charge is 0.504 e. The molecule has 0 radical (unpaired) electrons. The SMILES string of the molecule is C=CCSCCNCc1ccc(O)c(O)c1. The molecule has 3 N–H and O–H groups in total. The normalized spacial score (nSPS) is 10.2. The monoisotopic (exact) mass is 239 g/mol. The number of thioether (sulfide) groups is 1. The van der Waals surface area contributed by atoms with Crippen LogP contribution in [0.25, 0.3) is 0 Å². The van der Waals surface area contributed by atoms with Gasteiger partial charge in [0, 0.05) is 24.6 Å². The van der Waals surface area contributed by atoms with Crippen molar-refractivity contribution >= 4 is 11.8 Å². The van der Waals surface area contributed by atoms with Crippen molar-refractivity contribution in [3.8, 4) is 11.5 Å². The molecule has 0 fully saturated rings. The zero-order valence-electron chi connectivity index (χ0n) is 9.15. The summed E-state index contributed by atoms with van der Waals surface area (Å²) in [6.07, 6.45) is 1.89. The van der Waals surface area contributed by atoms with E-state index in [-0.39, 0.29) is 11.5 Å². The number of benzene rings is 1. The molecular weight excluding hydrogens is 222 g/mol. The fraction of sp³-hybridized carbons (Fsp3) is 0.333. The number of hydrogen-bond donors (Lipinski definition) is 3. The van der Waals surface area contributed by atoms with Crippen molar-refractivity contribution in [3.63, 3.8) is 0 Å². The first-order chi connectivity index (χ1) is 7.74. The van der Waals surface area contributed by atoms with Crippen molar-refractivity contribution in [1.82, 2.24) is 5.32 Å². The Balaban J connectivity index is 2.21. The van der Waals surface area contributed by atoms with E-state index < -0.39 is 0 Å². The highest BCUT2D eigenvalue weighted by molar-refractivity contribution is 7.99. The molecule has 0 unspecified atom stereocenters. The van der Waals surface area contributed by atoms with Gasteiger partial charge in [-0.25, -0.2) is 0 Å². The molecule has 0 saturated carbocycles. The maximum Gasteiger partial charge on any atom is 0.157 e. The zero-order valence-corrected chi connectivity index (χ0v) is 9.96. The van der Waals surface area contributed by atoms with Gasteiger partial charge in [-0.15, -0.1) is 6.58 Å². The second-order valence-corrected chi connectivity index (χ2v) is 4.51. The van der Waals surface area contributed by atoms with E-state index in [1.54, 1.807) is 12.1 Å². The van der Waals surface area contributed by atoms with E-state index in [2.05, 4.69) is 11.9 Å². The topological polar surface area (TPSA) is 52.5 Å². The van der Waals surface area contributed by atoms with E-state index in [0.29, 0.717) is 6.54 Å². The first kappa shape index (κ1) is 12.9. The summed E-state index contributed by atoms with van der Waals surface area (Å²) >= 11 is 1.82. The first-order valence-electron chi connectivity index (χ1n) is 5.14. The van der Waals surface area contributed by atoms with Crippen LogP contribution in [0.1, 0.15) is 5.56 Å². The van der Waals surface area contributed by atoms with Crippen LogP contribution in [0.15, 0.2) is 30.9 Å². The van der Waals surface area contributed by atoms with Crippen LogP contribution >= 0.6 is 11.8 Å². The molecule has 1 aromatic rings. The molecule has 0 aliphatic carbocycles. The van der Waals surface area contributed by atoms with Gasteiger partial charge in [0.1, 0.15) is 0 Å². The third-order valence-electron chi connectivity index (χ3n) is 2.03. The lowest BCUT2D eigenvalue weighted by atomic mass is 10.2. The Morgan fingerprint density at radius 1 is 1.31 bits per heavy atom. The minimum absolute atomic E-state index is 0.0691. The zero-order chi connectivity index (χ0) is 11.8. The summed E-state index contributed by atoms with van der Waals surface area (Å²) in [5, 5.41) is 21.7. The molecule has 0 atom stereocenters. The Labute approximate surface area is 100 Å². The van der Waals surface area contributed by atoms with E-state index in [9.17, 15) is 5.11 Å². The molecule has 0 heterocycles. The second-order valence-electron chi connectivity index (χ2n) is 3.36. The third kappa shape index (κ3) is 4.59. The summed E-state index contributed by atoms with van der Waals surface area (Å²) in [4.78, 5) is 0. The Hall–Kier alpha value is -1.13. The molecule has 0 bridgehead atoms. The number of rotatable bonds is 7. The van der Waals surface area contributed by atoms with Gasteiger partial charge in [-0.3, -0.25) is 0 Å². The van der Waals surface area contributed by atoms with Crippen LogP contribution in [0.2, 0.25) is 0 Å². The standard InChI is InChI=1S/C12H17NO2S/c1-2-6-16-7-5-13-9-10-3-4-11(14)12(15)8-10/h2-4,8,13-15H,1,5-7,9H2. The number of aromatic hydroxyl groups is 2. The molecule has 0 spiro atoms. The van der Waals surface area contributed by atoms with Crippen molar-refractivity contribution in [3.05, 3.63) is 36.4 Å². The molecule has 0 aliphatic rings. The molecule has 16 heavy (non-hydrogen) atoms. The Morgan fingerprint density at radius 2 is 2.12 bits per heavy atom. The predicted octanol–water partition coefficient (Wildman–Crippen LogP) is 2.11. The average Bonchev–Trinajstić information content (AvgIpc) is 2.28. The van der Waals surface area contributed by atoms with E-state index in [0.717, 1.165) is 23.6 Å². The molecule has 4 heteroatoms. The van der Waals surface area contributed by atoms with Gasteiger partial charge in [-0.05, 0) is 17.7 Å². The Morgan fingerprint density at radius 3 is 2.81 bits per heavy atom. The van der Waals surface area contributed by atoms with Gasteiger partial charge in [-0.2, -0.15) is 11.8 Å². The maximum atomic E-state index is 9.28. The molecule has 1 aromatic carbocycles. The summed E-state index contributed by atoms with van der Waals surface area (Å²) in [5.74, 6) is 1.86. The number of phenols is 2. The molecule has 0 aliphatic heterocycles. The maximum absolute atomic E-state index is 9.28. The summed E-state index contributed by atoms with van der Waals surface area (Å²) in [5.41, 5.74) is 0.962. The lowest BCUT2D eigenvalue weighted by molar-refractivity contribution is 0.403. The Kier molecular flexibility index (Phi) is 5.82. The van der Waals surface area contributed by atoms with E-state index in [1.165, 1.54) is 6.07 Å². The molecule has 0 amide bonds. The summed E-state index contributed by atoms with van der Waals surface area (Å²) < 4.78 is 0. The van der Waals surface area contributed by atoms with Crippen molar-refractivity contribution < 1.29 is 10.2 Å². The minimum atomic E-state index is -0.0784. The van der Waals surface area contributed by atoms with Gasteiger partial charge < -0.3 is 15.5 Å². The van der Waals surface area contributed by atoms with Crippen molar-refractivity contribution in [2.75, 3.05) is 18.1 Å². The van der Waals surface area contributed by atoms with Crippen LogP contribution < -0.4 is 5.32 Å². The van der Waals surface area contributed by atoms with Gasteiger partial charge in [-0.1, -0.05) is 12.1 Å². The number of nitrogens with one attached hydrogen (secondary N) is 1. The molecular formula is C12H17NO2S. The molecule has 3 nitrogen and oxygen atoms in total. The molecule has 1 rings (SSSR count). The van der Waals surface area contributed by atoms with Crippen molar-refractivity contribution in [2.24, 2.45) is 0 Å². The molecule has 0 saturated heterocycles. The fourth-order valence-corrected chi connectivity index (χ4v) is 1.84. The van der Waals surface area contributed by atoms with Crippen LogP contribution in [0.5, 0.6) is 11.5 Å². The van der Waals surface area contributed by atoms with Gasteiger partial charge >= 0.3 is 0 Å². The number of hydrogen-bond acceptors (Lipinski definition) is 4. The summed E-state index contributed by atoms with van der Waals surface area (Å²) in [7, 11) is 0. The van der Waals surface area contributed by atoms with Gasteiger partial charge in [0.15, 0.2) is 11.5 Å². The highest BCUT2D eigenvalue weighted by atomic mass is 32.2. The van der Waals surface area contributed by atoms with Crippen molar-refractivity contribution in [2.45, 2.75) is 6.54 Å². The molecule has 0 aromatic heterocycles. The lowest BCUT2D eigenvalue weighted by Gasteiger charge is -2.05. The van der Waals surface area contributed by atoms with Crippen LogP contribution in [-0.2, 0) is 6.54 Å². The second kappa shape index (κ2) is 7.19. The smallest absolute Gasteiger partial charge is 0.157 e. The fourth-order valence-electron chi connectivity index (χ4n) is 1.22. The number of phenolic OH excluding ortho intramolecular Hbond substituents is 2. The van der Waals surface area contributed by atoms with E-state index in [1.807, 2.05) is 17.8 Å². The highest BCUT2D eigenvalue weighted by Crippen LogP contribution is 2.24. The third-order valence-corrected chi connectivity index (χ3v) is 2.99. The summed E-state index contributed by atoms with van der Waals surface area (Å²) in [6.45, 7) is 5.27. The van der Waals surface area contributed by atoms with E-state index >= 15 is 0 Å². The van der Waals surface area contributed by atoms with Gasteiger partial charge in [0.2, 0.25) is 0 Å². The van der Waals surface area contributed by atoms with Crippen molar-refractivity contribution in [1.29, 1.82) is 0 Å². The summed E-state index contributed by atoms with van der Waals surface area (Å²) in [6, 6.07) is 4.86. The van der Waals surface area contributed by atoms with E-state index in [4.69, 9.17) is 5.11 Å². The van der Waals surface area contributed by atoms with Crippen LogP contribution in [0, 0.1) is 0 Å². The van der Waals surface area contributed by atoms with Crippen LogP contribution in [-0.4, -0.2) is 28.3 Å². The predicted molar refractivity (Wildman–Crippen MR) is 69.0 cm³/mol. The minimum Gasteiger partial charge on any atom is -0.504 e. The molecule has 88 valence electrons. The first-order valence-corrected chi connectivity index (χ1v) is 6.29. The van der Waals surface area contributed by atoms with Gasteiger partial charge in [0.25, 0.3) is 0 Å².